The van der Waals surface area contributed by atoms with E-state index in [2.05, 4.69) is 29.3 Å². The van der Waals surface area contributed by atoms with E-state index in [0.29, 0.717) is 18.0 Å². The Hall–Kier alpha value is -2.59. The summed E-state index contributed by atoms with van der Waals surface area (Å²) < 4.78 is 5.52. The Morgan fingerprint density at radius 2 is 1.83 bits per heavy atom. The number of nitrogens with one attached hydrogen (secondary N) is 2. The lowest BCUT2D eigenvalue weighted by Crippen LogP contribution is -2.29. The number of hydrogen-bond acceptors (Lipinski definition) is 3. The molecular formula is C19H22N2O2. The summed E-state index contributed by atoms with van der Waals surface area (Å²) in [6.07, 6.45) is 2.57. The number of carbonyl (C=O) groups excluding carboxylic acids is 1. The van der Waals surface area contributed by atoms with Gasteiger partial charge >= 0.3 is 0 Å². The lowest BCUT2D eigenvalue weighted by molar-refractivity contribution is -0.115. The second-order valence-corrected chi connectivity index (χ2v) is 5.06. The molecule has 2 N–H and O–H groups in total. The van der Waals surface area contributed by atoms with Crippen molar-refractivity contribution in [3.8, 4) is 5.75 Å². The van der Waals surface area contributed by atoms with Gasteiger partial charge in [0.2, 0.25) is 5.91 Å². The van der Waals surface area contributed by atoms with Crippen molar-refractivity contribution in [2.75, 3.05) is 25.0 Å². The number of anilines is 1. The highest BCUT2D eigenvalue weighted by Crippen LogP contribution is 2.23. The standard InChI is InChI=1S/C19H22N2O2/c1-2-14-23-18-11-7-6-10-17(18)21-19(22)15-20-13-12-16-8-4-3-5-9-16/h2-11,20H,1,12-15H2,(H,21,22). The van der Waals surface area contributed by atoms with Crippen molar-refractivity contribution in [2.24, 2.45) is 0 Å². The Balaban J connectivity index is 1.75. The van der Waals surface area contributed by atoms with Crippen LogP contribution in [0.4, 0.5) is 5.69 Å². The van der Waals surface area contributed by atoms with Crippen LogP contribution in [-0.4, -0.2) is 25.6 Å². The molecule has 0 aliphatic rings. The number of benzene rings is 2. The number of hydrogen-bond donors (Lipinski definition) is 2. The van der Waals surface area contributed by atoms with Crippen LogP contribution in [0.25, 0.3) is 0 Å². The zero-order valence-corrected chi connectivity index (χ0v) is 13.1. The van der Waals surface area contributed by atoms with Crippen LogP contribution in [0.2, 0.25) is 0 Å². The van der Waals surface area contributed by atoms with Gasteiger partial charge in [0.05, 0.1) is 12.2 Å². The Bertz CT molecular complexity index is 626. The first kappa shape index (κ1) is 16.8. The second kappa shape index (κ2) is 9.43. The molecule has 0 aromatic heterocycles. The summed E-state index contributed by atoms with van der Waals surface area (Å²) in [5, 5.41) is 6.00. The van der Waals surface area contributed by atoms with Gasteiger partial charge in [-0.2, -0.15) is 0 Å². The molecule has 4 nitrogen and oxygen atoms in total. The fourth-order valence-corrected chi connectivity index (χ4v) is 2.12. The molecule has 0 heterocycles. The highest BCUT2D eigenvalue weighted by molar-refractivity contribution is 5.93. The van der Waals surface area contributed by atoms with Crippen molar-refractivity contribution >= 4 is 11.6 Å². The molecule has 1 amide bonds. The van der Waals surface area contributed by atoms with Gasteiger partial charge in [0.25, 0.3) is 0 Å². The molecule has 2 aromatic rings. The Kier molecular flexibility index (Phi) is 6.88. The molecule has 0 saturated heterocycles. The fourth-order valence-electron chi connectivity index (χ4n) is 2.12. The SMILES string of the molecule is C=CCOc1ccccc1NC(=O)CNCCc1ccccc1. The normalized spacial score (nSPS) is 10.1. The van der Waals surface area contributed by atoms with Crippen LogP contribution in [0, 0.1) is 0 Å². The van der Waals surface area contributed by atoms with Gasteiger partial charge in [-0.3, -0.25) is 4.79 Å². The number of rotatable bonds is 9. The van der Waals surface area contributed by atoms with E-state index in [9.17, 15) is 4.79 Å². The Morgan fingerprint density at radius 3 is 2.61 bits per heavy atom. The topological polar surface area (TPSA) is 50.4 Å². The maximum Gasteiger partial charge on any atom is 0.238 e. The Morgan fingerprint density at radius 1 is 1.09 bits per heavy atom. The van der Waals surface area contributed by atoms with E-state index in [0.717, 1.165) is 13.0 Å². The first-order chi connectivity index (χ1) is 11.3. The van der Waals surface area contributed by atoms with E-state index in [1.807, 2.05) is 42.5 Å². The highest BCUT2D eigenvalue weighted by Gasteiger charge is 2.06. The number of ether oxygens (including phenoxy) is 1. The van der Waals surface area contributed by atoms with E-state index >= 15 is 0 Å². The lowest BCUT2D eigenvalue weighted by Gasteiger charge is -2.11. The average molecular weight is 310 g/mol. The quantitative estimate of drug-likeness (QED) is 0.553. The molecule has 4 heteroatoms. The zero-order valence-electron chi connectivity index (χ0n) is 13.1. The predicted molar refractivity (Wildman–Crippen MR) is 93.8 cm³/mol. The maximum atomic E-state index is 12.0. The molecule has 0 aliphatic carbocycles. The molecule has 0 radical (unpaired) electrons. The molecule has 0 unspecified atom stereocenters. The molecule has 0 aliphatic heterocycles. The third-order valence-corrected chi connectivity index (χ3v) is 3.24. The molecule has 23 heavy (non-hydrogen) atoms. The van der Waals surface area contributed by atoms with Crippen LogP contribution in [0.5, 0.6) is 5.75 Å². The van der Waals surface area contributed by atoms with Gasteiger partial charge < -0.3 is 15.4 Å². The molecule has 2 rings (SSSR count). The molecule has 0 fully saturated rings. The van der Waals surface area contributed by atoms with Crippen molar-refractivity contribution in [3.05, 3.63) is 72.8 Å². The monoisotopic (exact) mass is 310 g/mol. The minimum Gasteiger partial charge on any atom is -0.487 e. The maximum absolute atomic E-state index is 12.0. The summed E-state index contributed by atoms with van der Waals surface area (Å²) in [6, 6.07) is 17.6. The summed E-state index contributed by atoms with van der Waals surface area (Å²) in [4.78, 5) is 12.0. The van der Waals surface area contributed by atoms with Gasteiger partial charge in [-0.25, -0.2) is 0 Å². The van der Waals surface area contributed by atoms with E-state index in [1.165, 1.54) is 5.56 Å². The minimum absolute atomic E-state index is 0.0901. The Labute approximate surface area is 137 Å². The first-order valence-electron chi connectivity index (χ1n) is 7.67. The number of para-hydroxylation sites is 2. The zero-order chi connectivity index (χ0) is 16.3. The summed E-state index contributed by atoms with van der Waals surface area (Å²) in [5.74, 6) is 0.553. The van der Waals surface area contributed by atoms with Gasteiger partial charge in [-0.15, -0.1) is 0 Å². The first-order valence-corrected chi connectivity index (χ1v) is 7.67. The molecule has 0 saturated carbocycles. The van der Waals surface area contributed by atoms with E-state index in [1.54, 1.807) is 6.08 Å². The van der Waals surface area contributed by atoms with E-state index < -0.39 is 0 Å². The molecule has 0 atom stereocenters. The summed E-state index contributed by atoms with van der Waals surface area (Å²) >= 11 is 0. The third kappa shape index (κ3) is 5.96. The van der Waals surface area contributed by atoms with Crippen molar-refractivity contribution in [1.82, 2.24) is 5.32 Å². The van der Waals surface area contributed by atoms with Gasteiger partial charge in [0.15, 0.2) is 0 Å². The average Bonchev–Trinajstić information content (AvgIpc) is 2.59. The summed E-state index contributed by atoms with van der Waals surface area (Å²) in [5.41, 5.74) is 1.92. The molecule has 2 aromatic carbocycles. The van der Waals surface area contributed by atoms with Crippen LogP contribution in [-0.2, 0) is 11.2 Å². The van der Waals surface area contributed by atoms with Crippen LogP contribution in [0.3, 0.4) is 0 Å². The second-order valence-electron chi connectivity index (χ2n) is 5.06. The molecular weight excluding hydrogens is 288 g/mol. The molecule has 0 bridgehead atoms. The van der Waals surface area contributed by atoms with Gasteiger partial charge in [0.1, 0.15) is 12.4 Å². The highest BCUT2D eigenvalue weighted by atomic mass is 16.5. The van der Waals surface area contributed by atoms with Crippen LogP contribution < -0.4 is 15.4 Å². The fraction of sp³-hybridized carbons (Fsp3) is 0.211. The predicted octanol–water partition coefficient (Wildman–Crippen LogP) is 3.02. The summed E-state index contributed by atoms with van der Waals surface area (Å²) in [6.45, 7) is 5.05. The van der Waals surface area contributed by atoms with Crippen LogP contribution in [0.1, 0.15) is 5.56 Å². The van der Waals surface area contributed by atoms with Crippen LogP contribution in [0.15, 0.2) is 67.3 Å². The van der Waals surface area contributed by atoms with Gasteiger partial charge in [-0.05, 0) is 30.7 Å². The number of carbonyl (C=O) groups is 1. The number of amides is 1. The van der Waals surface area contributed by atoms with E-state index in [4.69, 9.17) is 4.74 Å². The largest absolute Gasteiger partial charge is 0.487 e. The van der Waals surface area contributed by atoms with E-state index in [-0.39, 0.29) is 12.5 Å². The van der Waals surface area contributed by atoms with Crippen molar-refractivity contribution in [2.45, 2.75) is 6.42 Å². The minimum atomic E-state index is -0.0901. The summed E-state index contributed by atoms with van der Waals surface area (Å²) in [7, 11) is 0. The smallest absolute Gasteiger partial charge is 0.238 e. The lowest BCUT2D eigenvalue weighted by atomic mass is 10.1. The van der Waals surface area contributed by atoms with Crippen molar-refractivity contribution in [3.63, 3.8) is 0 Å². The van der Waals surface area contributed by atoms with Gasteiger partial charge in [0, 0.05) is 0 Å². The van der Waals surface area contributed by atoms with Crippen molar-refractivity contribution in [1.29, 1.82) is 0 Å². The third-order valence-electron chi connectivity index (χ3n) is 3.24. The molecule has 0 spiro atoms. The van der Waals surface area contributed by atoms with Gasteiger partial charge in [-0.1, -0.05) is 55.1 Å². The van der Waals surface area contributed by atoms with Crippen LogP contribution >= 0.6 is 0 Å². The van der Waals surface area contributed by atoms with Crippen molar-refractivity contribution < 1.29 is 9.53 Å². The molecule has 120 valence electrons.